The maximum Gasteiger partial charge on any atom is 0.258 e. The van der Waals surface area contributed by atoms with E-state index in [9.17, 15) is 9.59 Å². The van der Waals surface area contributed by atoms with E-state index >= 15 is 0 Å². The van der Waals surface area contributed by atoms with Crippen molar-refractivity contribution in [3.05, 3.63) is 87.9 Å². The molecule has 0 aliphatic carbocycles. The van der Waals surface area contributed by atoms with E-state index in [0.717, 1.165) is 36.1 Å². The molecule has 0 saturated carbocycles. The average Bonchev–Trinajstić information content (AvgIpc) is 3.07. The molecule has 1 heterocycles. The second kappa shape index (κ2) is 12.2. The minimum atomic E-state index is -0.235. The van der Waals surface area contributed by atoms with Crippen molar-refractivity contribution in [2.75, 3.05) is 30.5 Å². The molecule has 0 fully saturated rings. The Balaban J connectivity index is 1.58. The number of anilines is 2. The summed E-state index contributed by atoms with van der Waals surface area (Å²) in [6.07, 6.45) is 2.40. The van der Waals surface area contributed by atoms with Gasteiger partial charge in [-0.1, -0.05) is 50.6 Å². The molecule has 0 spiro atoms. The van der Waals surface area contributed by atoms with Crippen LogP contribution in [0.3, 0.4) is 0 Å². The number of amides is 2. The molecule has 0 saturated heterocycles. The highest BCUT2D eigenvalue weighted by atomic mass is 35.5. The highest BCUT2D eigenvalue weighted by molar-refractivity contribution is 6.30. The summed E-state index contributed by atoms with van der Waals surface area (Å²) < 4.78 is 11.9. The normalized spacial score (nSPS) is 15.3. The predicted octanol–water partition coefficient (Wildman–Crippen LogP) is 7.84. The molecule has 1 aliphatic heterocycles. The van der Waals surface area contributed by atoms with Crippen LogP contribution in [-0.2, 0) is 4.74 Å². The van der Waals surface area contributed by atoms with Crippen molar-refractivity contribution >= 4 is 34.8 Å². The quantitative estimate of drug-likeness (QED) is 0.326. The Labute approximate surface area is 236 Å². The summed E-state index contributed by atoms with van der Waals surface area (Å²) in [5.41, 5.74) is 4.33. The zero-order chi connectivity index (χ0) is 28.2. The van der Waals surface area contributed by atoms with E-state index in [0.29, 0.717) is 40.7 Å². The average molecular weight is 549 g/mol. The molecular formula is C32H37ClN2O4. The smallest absolute Gasteiger partial charge is 0.258 e. The largest absolute Gasteiger partial charge is 0.495 e. The number of carbonyl (C=O) groups excluding carboxylic acids is 2. The van der Waals surface area contributed by atoms with Crippen molar-refractivity contribution in [1.29, 1.82) is 0 Å². The fraction of sp³-hybridized carbons (Fsp3) is 0.375. The van der Waals surface area contributed by atoms with Crippen molar-refractivity contribution in [3.8, 4) is 5.75 Å². The van der Waals surface area contributed by atoms with E-state index in [1.807, 2.05) is 43.3 Å². The summed E-state index contributed by atoms with van der Waals surface area (Å²) in [6, 6.07) is 18.1. The Bertz CT molecular complexity index is 1350. The van der Waals surface area contributed by atoms with Gasteiger partial charge < -0.3 is 19.7 Å². The first-order chi connectivity index (χ1) is 18.6. The van der Waals surface area contributed by atoms with Gasteiger partial charge in [0.25, 0.3) is 11.8 Å². The van der Waals surface area contributed by atoms with Crippen molar-refractivity contribution in [2.45, 2.75) is 53.1 Å². The maximum absolute atomic E-state index is 13.8. The lowest BCUT2D eigenvalue weighted by Gasteiger charge is -2.25. The number of hydrogen-bond acceptors (Lipinski definition) is 4. The molecule has 0 bridgehead atoms. The summed E-state index contributed by atoms with van der Waals surface area (Å²) in [5, 5.41) is 3.53. The molecule has 3 aromatic rings. The number of fused-ring (bicyclic) bond motifs is 1. The van der Waals surface area contributed by atoms with Gasteiger partial charge >= 0.3 is 0 Å². The number of benzene rings is 3. The van der Waals surface area contributed by atoms with Gasteiger partial charge in [0.15, 0.2) is 0 Å². The highest BCUT2D eigenvalue weighted by Crippen LogP contribution is 2.38. The monoisotopic (exact) mass is 548 g/mol. The Morgan fingerprint density at radius 2 is 1.85 bits per heavy atom. The Morgan fingerprint density at radius 1 is 1.08 bits per heavy atom. The van der Waals surface area contributed by atoms with E-state index < -0.39 is 0 Å². The summed E-state index contributed by atoms with van der Waals surface area (Å²) in [5.74, 6) is 0.0302. The minimum Gasteiger partial charge on any atom is -0.495 e. The standard InChI is InChI=1S/C32H37ClN2O4/c1-21-9-6-7-10-24(21)30(36)34-26-14-12-22(19-29(26)38-5)31(37)35-17-8-11-28(39-18-16-32(2,3)4)25-20-23(33)13-15-27(25)35/h6-7,9-10,12-15,19-20,28H,8,11,16-18H2,1-5H3,(H,34,36). The Morgan fingerprint density at radius 3 is 2.56 bits per heavy atom. The molecule has 1 atom stereocenters. The van der Waals surface area contributed by atoms with Crippen LogP contribution in [0.4, 0.5) is 11.4 Å². The summed E-state index contributed by atoms with van der Waals surface area (Å²) in [4.78, 5) is 28.5. The van der Waals surface area contributed by atoms with Crippen molar-refractivity contribution in [1.82, 2.24) is 0 Å². The van der Waals surface area contributed by atoms with Crippen LogP contribution in [0.2, 0.25) is 5.02 Å². The van der Waals surface area contributed by atoms with Gasteiger partial charge in [0.2, 0.25) is 0 Å². The van der Waals surface area contributed by atoms with Gasteiger partial charge in [-0.05, 0) is 79.6 Å². The first-order valence-corrected chi connectivity index (χ1v) is 13.7. The number of halogens is 1. The van der Waals surface area contributed by atoms with Crippen LogP contribution in [0.15, 0.2) is 60.7 Å². The number of hydrogen-bond donors (Lipinski definition) is 1. The van der Waals surface area contributed by atoms with Gasteiger partial charge in [0.05, 0.1) is 18.9 Å². The van der Waals surface area contributed by atoms with Gasteiger partial charge in [-0.3, -0.25) is 9.59 Å². The fourth-order valence-corrected chi connectivity index (χ4v) is 4.91. The lowest BCUT2D eigenvalue weighted by Crippen LogP contribution is -2.31. The molecule has 1 N–H and O–H groups in total. The van der Waals surface area contributed by atoms with E-state index in [4.69, 9.17) is 21.1 Å². The van der Waals surface area contributed by atoms with Gasteiger partial charge in [-0.25, -0.2) is 0 Å². The number of methoxy groups -OCH3 is 1. The fourth-order valence-electron chi connectivity index (χ4n) is 4.73. The molecule has 0 aromatic heterocycles. The number of aryl methyl sites for hydroxylation is 1. The molecule has 2 amide bonds. The molecule has 39 heavy (non-hydrogen) atoms. The number of nitrogens with zero attached hydrogens (tertiary/aromatic N) is 1. The lowest BCUT2D eigenvalue weighted by molar-refractivity contribution is 0.0322. The molecule has 4 rings (SSSR count). The SMILES string of the molecule is COc1cc(C(=O)N2CCCC(OCCC(C)(C)C)c3cc(Cl)ccc32)ccc1NC(=O)c1ccccc1C. The summed E-state index contributed by atoms with van der Waals surface area (Å²) in [7, 11) is 1.52. The zero-order valence-electron chi connectivity index (χ0n) is 23.3. The van der Waals surface area contributed by atoms with Crippen LogP contribution in [0.25, 0.3) is 0 Å². The minimum absolute atomic E-state index is 0.132. The summed E-state index contributed by atoms with van der Waals surface area (Å²) >= 11 is 6.39. The third-order valence-electron chi connectivity index (χ3n) is 6.98. The first-order valence-electron chi connectivity index (χ1n) is 13.4. The molecule has 7 heteroatoms. The van der Waals surface area contributed by atoms with Crippen LogP contribution < -0.4 is 15.0 Å². The number of ether oxygens (including phenoxy) is 2. The van der Waals surface area contributed by atoms with Crippen LogP contribution in [0, 0.1) is 12.3 Å². The van der Waals surface area contributed by atoms with Crippen molar-refractivity contribution < 1.29 is 19.1 Å². The van der Waals surface area contributed by atoms with Gasteiger partial charge in [-0.15, -0.1) is 0 Å². The first kappa shape index (κ1) is 28.7. The van der Waals surface area contributed by atoms with Crippen molar-refractivity contribution in [3.63, 3.8) is 0 Å². The van der Waals surface area contributed by atoms with Gasteiger partial charge in [0, 0.05) is 40.6 Å². The van der Waals surface area contributed by atoms with Crippen LogP contribution in [0.5, 0.6) is 5.75 Å². The second-order valence-electron chi connectivity index (χ2n) is 11.2. The third-order valence-corrected chi connectivity index (χ3v) is 7.21. The Kier molecular flexibility index (Phi) is 8.98. The van der Waals surface area contributed by atoms with Crippen molar-refractivity contribution in [2.24, 2.45) is 5.41 Å². The lowest BCUT2D eigenvalue weighted by atomic mass is 9.93. The molecule has 206 valence electrons. The van der Waals surface area contributed by atoms with Crippen LogP contribution in [0.1, 0.15) is 78.0 Å². The maximum atomic E-state index is 13.8. The predicted molar refractivity (Wildman–Crippen MR) is 157 cm³/mol. The van der Waals surface area contributed by atoms with E-state index in [-0.39, 0.29) is 23.3 Å². The molecule has 6 nitrogen and oxygen atoms in total. The van der Waals surface area contributed by atoms with Crippen LogP contribution >= 0.6 is 11.6 Å². The van der Waals surface area contributed by atoms with Gasteiger partial charge in [-0.2, -0.15) is 0 Å². The second-order valence-corrected chi connectivity index (χ2v) is 11.6. The number of rotatable bonds is 7. The molecule has 0 radical (unpaired) electrons. The number of nitrogens with one attached hydrogen (secondary N) is 1. The Hall–Kier alpha value is -3.35. The van der Waals surface area contributed by atoms with E-state index in [1.165, 1.54) is 7.11 Å². The number of carbonyl (C=O) groups is 2. The summed E-state index contributed by atoms with van der Waals surface area (Å²) in [6.45, 7) is 9.68. The molecule has 1 aliphatic rings. The van der Waals surface area contributed by atoms with E-state index in [2.05, 4.69) is 26.1 Å². The third kappa shape index (κ3) is 7.00. The molecule has 1 unspecified atom stereocenters. The van der Waals surface area contributed by atoms with Gasteiger partial charge in [0.1, 0.15) is 5.75 Å². The highest BCUT2D eigenvalue weighted by Gasteiger charge is 2.29. The zero-order valence-corrected chi connectivity index (χ0v) is 24.1. The topological polar surface area (TPSA) is 67.9 Å². The molecular weight excluding hydrogens is 512 g/mol. The molecule has 3 aromatic carbocycles. The van der Waals surface area contributed by atoms with E-state index in [1.54, 1.807) is 29.2 Å². The van der Waals surface area contributed by atoms with Crippen LogP contribution in [-0.4, -0.2) is 32.1 Å².